The quantitative estimate of drug-likeness (QED) is 0.924. The van der Waals surface area contributed by atoms with Crippen molar-refractivity contribution in [3.63, 3.8) is 0 Å². The van der Waals surface area contributed by atoms with Crippen LogP contribution in [0.4, 0.5) is 0 Å². The lowest BCUT2D eigenvalue weighted by Crippen LogP contribution is -2.30. The zero-order valence-electron chi connectivity index (χ0n) is 12.2. The smallest absolute Gasteiger partial charge is 0.267 e. The molecule has 0 aliphatic carbocycles. The summed E-state index contributed by atoms with van der Waals surface area (Å²) in [6.45, 7) is 2.50. The molecule has 2 amide bonds. The first-order chi connectivity index (χ1) is 10.6. The Morgan fingerprint density at radius 2 is 2.23 bits per heavy atom. The number of aryl methyl sites for hydroxylation is 1. The highest BCUT2D eigenvalue weighted by atomic mass is 16.5. The van der Waals surface area contributed by atoms with Crippen LogP contribution >= 0.6 is 0 Å². The van der Waals surface area contributed by atoms with Gasteiger partial charge in [0.25, 0.3) is 11.8 Å². The molecule has 7 nitrogen and oxygen atoms in total. The van der Waals surface area contributed by atoms with Crippen molar-refractivity contribution < 1.29 is 14.1 Å². The highest BCUT2D eigenvalue weighted by Crippen LogP contribution is 2.33. The van der Waals surface area contributed by atoms with Crippen molar-refractivity contribution in [2.75, 3.05) is 6.54 Å². The van der Waals surface area contributed by atoms with Crippen LogP contribution in [0.25, 0.3) is 0 Å². The van der Waals surface area contributed by atoms with E-state index < -0.39 is 5.91 Å². The van der Waals surface area contributed by atoms with E-state index in [9.17, 15) is 9.59 Å². The Bertz CT molecular complexity index is 708. The van der Waals surface area contributed by atoms with Crippen molar-refractivity contribution in [2.45, 2.75) is 25.8 Å². The lowest BCUT2D eigenvalue weighted by molar-refractivity contribution is 0.0713. The Balaban J connectivity index is 1.82. The van der Waals surface area contributed by atoms with Gasteiger partial charge in [-0.15, -0.1) is 0 Å². The lowest BCUT2D eigenvalue weighted by Gasteiger charge is -2.22. The number of likely N-dealkylation sites (tertiary alicyclic amines) is 1. The number of amides is 2. The van der Waals surface area contributed by atoms with E-state index in [4.69, 9.17) is 10.3 Å². The van der Waals surface area contributed by atoms with E-state index in [0.29, 0.717) is 17.9 Å². The zero-order valence-corrected chi connectivity index (χ0v) is 12.2. The Morgan fingerprint density at radius 1 is 1.41 bits per heavy atom. The van der Waals surface area contributed by atoms with Crippen LogP contribution < -0.4 is 5.73 Å². The van der Waals surface area contributed by atoms with Crippen molar-refractivity contribution in [2.24, 2.45) is 5.73 Å². The number of nitrogens with two attached hydrogens (primary N) is 1. The van der Waals surface area contributed by atoms with Gasteiger partial charge in [-0.25, -0.2) is 0 Å². The molecule has 0 aromatic carbocycles. The van der Waals surface area contributed by atoms with Crippen LogP contribution in [0.15, 0.2) is 28.9 Å². The van der Waals surface area contributed by atoms with Crippen molar-refractivity contribution >= 4 is 11.8 Å². The molecule has 1 fully saturated rings. The van der Waals surface area contributed by atoms with E-state index in [1.807, 2.05) is 13.0 Å². The summed E-state index contributed by atoms with van der Waals surface area (Å²) in [5.41, 5.74) is 6.50. The van der Waals surface area contributed by atoms with Crippen LogP contribution in [-0.2, 0) is 0 Å². The predicted molar refractivity (Wildman–Crippen MR) is 77.0 cm³/mol. The minimum Gasteiger partial charge on any atom is -0.364 e. The average Bonchev–Trinajstić information content (AvgIpc) is 3.15. The molecule has 1 aliphatic rings. The number of carbonyl (C=O) groups is 2. The van der Waals surface area contributed by atoms with Gasteiger partial charge in [-0.1, -0.05) is 5.16 Å². The van der Waals surface area contributed by atoms with Gasteiger partial charge >= 0.3 is 0 Å². The number of aromatic nitrogens is 2. The van der Waals surface area contributed by atoms with E-state index in [1.165, 1.54) is 12.3 Å². The first-order valence-electron chi connectivity index (χ1n) is 7.06. The summed E-state index contributed by atoms with van der Waals surface area (Å²) in [7, 11) is 0. The molecule has 114 valence electrons. The Morgan fingerprint density at radius 3 is 2.82 bits per heavy atom. The molecule has 22 heavy (non-hydrogen) atoms. The highest BCUT2D eigenvalue weighted by Gasteiger charge is 2.33. The topological polar surface area (TPSA) is 102 Å². The first kappa shape index (κ1) is 14.2. The van der Waals surface area contributed by atoms with Crippen LogP contribution in [-0.4, -0.2) is 33.4 Å². The second-order valence-electron chi connectivity index (χ2n) is 5.32. The van der Waals surface area contributed by atoms with Gasteiger partial charge in [-0.2, -0.15) is 0 Å². The largest absolute Gasteiger partial charge is 0.364 e. The molecule has 1 aliphatic heterocycles. The summed E-state index contributed by atoms with van der Waals surface area (Å²) in [4.78, 5) is 29.3. The van der Waals surface area contributed by atoms with Gasteiger partial charge in [-0.3, -0.25) is 14.6 Å². The standard InChI is InChI=1S/C15H16N4O3/c1-9-7-13(22-18-9)12-3-2-6-19(12)15(21)10-4-5-11(14(16)20)17-8-10/h4-5,7-8,12H,2-3,6H2,1H3,(H2,16,20)/t12-/m0/s1. The number of rotatable bonds is 3. The molecule has 2 aromatic heterocycles. The third-order valence-electron chi connectivity index (χ3n) is 3.75. The molecular formula is C15H16N4O3. The molecule has 0 saturated carbocycles. The van der Waals surface area contributed by atoms with Gasteiger partial charge in [0.2, 0.25) is 0 Å². The minimum atomic E-state index is -0.616. The lowest BCUT2D eigenvalue weighted by atomic mass is 10.1. The molecule has 1 atom stereocenters. The third-order valence-corrected chi connectivity index (χ3v) is 3.75. The summed E-state index contributed by atoms with van der Waals surface area (Å²) in [5, 5.41) is 3.88. The van der Waals surface area contributed by atoms with E-state index in [2.05, 4.69) is 10.1 Å². The van der Waals surface area contributed by atoms with Crippen LogP contribution in [0, 0.1) is 6.92 Å². The van der Waals surface area contributed by atoms with Crippen LogP contribution in [0.1, 0.15) is 51.2 Å². The molecule has 0 spiro atoms. The number of nitrogens with zero attached hydrogens (tertiary/aromatic N) is 3. The van der Waals surface area contributed by atoms with E-state index in [0.717, 1.165) is 18.5 Å². The molecule has 1 saturated heterocycles. The van der Waals surface area contributed by atoms with Gasteiger partial charge in [0, 0.05) is 18.8 Å². The van der Waals surface area contributed by atoms with Crippen molar-refractivity contribution in [3.05, 3.63) is 47.1 Å². The van der Waals surface area contributed by atoms with E-state index >= 15 is 0 Å². The van der Waals surface area contributed by atoms with E-state index in [-0.39, 0.29) is 17.6 Å². The molecular weight excluding hydrogens is 284 g/mol. The summed E-state index contributed by atoms with van der Waals surface area (Å²) in [6.07, 6.45) is 3.12. The van der Waals surface area contributed by atoms with Gasteiger partial charge in [-0.05, 0) is 31.9 Å². The number of pyridine rings is 1. The van der Waals surface area contributed by atoms with Gasteiger partial charge in [0.05, 0.1) is 17.3 Å². The second kappa shape index (κ2) is 5.59. The number of primary amides is 1. The highest BCUT2D eigenvalue weighted by molar-refractivity contribution is 5.96. The fourth-order valence-electron chi connectivity index (χ4n) is 2.68. The monoisotopic (exact) mass is 300 g/mol. The fourth-order valence-corrected chi connectivity index (χ4v) is 2.68. The van der Waals surface area contributed by atoms with Crippen LogP contribution in [0.2, 0.25) is 0 Å². The van der Waals surface area contributed by atoms with Gasteiger partial charge in [0.15, 0.2) is 5.76 Å². The number of hydrogen-bond acceptors (Lipinski definition) is 5. The maximum atomic E-state index is 12.6. The normalized spacial score (nSPS) is 17.7. The Labute approximate surface area is 127 Å². The molecule has 3 rings (SSSR count). The fraction of sp³-hybridized carbons (Fsp3) is 0.333. The van der Waals surface area contributed by atoms with Crippen molar-refractivity contribution in [3.8, 4) is 0 Å². The molecule has 2 aromatic rings. The van der Waals surface area contributed by atoms with Crippen molar-refractivity contribution in [1.82, 2.24) is 15.0 Å². The first-order valence-corrected chi connectivity index (χ1v) is 7.06. The van der Waals surface area contributed by atoms with E-state index in [1.54, 1.807) is 11.0 Å². The minimum absolute atomic E-state index is 0.107. The molecule has 0 radical (unpaired) electrons. The molecule has 2 N–H and O–H groups in total. The molecule has 3 heterocycles. The predicted octanol–water partition coefficient (Wildman–Crippen LogP) is 1.45. The Kier molecular flexibility index (Phi) is 3.62. The summed E-state index contributed by atoms with van der Waals surface area (Å²) in [6, 6.07) is 4.77. The molecule has 7 heteroatoms. The number of carbonyl (C=O) groups excluding carboxylic acids is 2. The maximum Gasteiger partial charge on any atom is 0.267 e. The average molecular weight is 300 g/mol. The van der Waals surface area contributed by atoms with Gasteiger partial charge < -0.3 is 15.2 Å². The summed E-state index contributed by atoms with van der Waals surface area (Å²) in [5.74, 6) is -0.0553. The maximum absolute atomic E-state index is 12.6. The van der Waals surface area contributed by atoms with Crippen LogP contribution in [0.5, 0.6) is 0 Å². The SMILES string of the molecule is Cc1cc([C@@H]2CCCN2C(=O)c2ccc(C(N)=O)nc2)on1. The molecule has 0 unspecified atom stereocenters. The summed E-state index contributed by atoms with van der Waals surface area (Å²) < 4.78 is 5.29. The number of hydrogen-bond donors (Lipinski definition) is 1. The van der Waals surface area contributed by atoms with Crippen LogP contribution in [0.3, 0.4) is 0 Å². The Hall–Kier alpha value is -2.70. The summed E-state index contributed by atoms with van der Waals surface area (Å²) >= 11 is 0. The molecule has 0 bridgehead atoms. The second-order valence-corrected chi connectivity index (χ2v) is 5.32. The van der Waals surface area contributed by atoms with Crippen molar-refractivity contribution in [1.29, 1.82) is 0 Å². The van der Waals surface area contributed by atoms with Gasteiger partial charge in [0.1, 0.15) is 5.69 Å². The third kappa shape index (κ3) is 2.57. The zero-order chi connectivity index (χ0) is 15.7.